The van der Waals surface area contributed by atoms with Gasteiger partial charge in [-0.1, -0.05) is 47.5 Å². The molecule has 0 spiro atoms. The van der Waals surface area contributed by atoms with Crippen molar-refractivity contribution in [3.63, 3.8) is 0 Å². The molecule has 5 nitrogen and oxygen atoms in total. The Morgan fingerprint density at radius 3 is 2.41 bits per heavy atom. The van der Waals surface area contributed by atoms with E-state index in [1.165, 1.54) is 24.1 Å². The Morgan fingerprint density at radius 2 is 1.76 bits per heavy atom. The number of ether oxygens (including phenoxy) is 1. The van der Waals surface area contributed by atoms with Crippen molar-refractivity contribution in [2.75, 3.05) is 37.7 Å². The second-order valence-corrected chi connectivity index (χ2v) is 7.92. The summed E-state index contributed by atoms with van der Waals surface area (Å²) < 4.78 is 5.49. The molecule has 1 aliphatic heterocycles. The van der Waals surface area contributed by atoms with Crippen molar-refractivity contribution in [3.05, 3.63) is 70.4 Å². The number of carboxylic acids is 1. The highest BCUT2D eigenvalue weighted by molar-refractivity contribution is 6.30. The van der Waals surface area contributed by atoms with E-state index < -0.39 is 5.97 Å². The third kappa shape index (κ3) is 5.04. The zero-order valence-corrected chi connectivity index (χ0v) is 17.1. The Morgan fingerprint density at radius 1 is 1.03 bits per heavy atom. The lowest BCUT2D eigenvalue weighted by Crippen LogP contribution is -2.46. The molecule has 0 bridgehead atoms. The number of hydrogen-bond donors (Lipinski definition) is 1. The van der Waals surface area contributed by atoms with Crippen LogP contribution in [0.2, 0.25) is 5.02 Å². The van der Waals surface area contributed by atoms with Crippen LogP contribution >= 0.6 is 11.6 Å². The van der Waals surface area contributed by atoms with Crippen molar-refractivity contribution < 1.29 is 14.6 Å². The number of piperazine rings is 1. The van der Waals surface area contributed by atoms with E-state index in [1.54, 1.807) is 17.7 Å². The van der Waals surface area contributed by atoms with E-state index in [4.69, 9.17) is 21.4 Å². The number of halogens is 1. The molecular weight excluding hydrogens is 388 g/mol. The molecule has 1 N–H and O–H groups in total. The average molecular weight is 413 g/mol. The summed E-state index contributed by atoms with van der Waals surface area (Å²) >= 11 is 6.20. The molecule has 0 atom stereocenters. The lowest BCUT2D eigenvalue weighted by Gasteiger charge is -2.39. The van der Waals surface area contributed by atoms with Gasteiger partial charge < -0.3 is 19.6 Å². The van der Waals surface area contributed by atoms with Gasteiger partial charge in [-0.2, -0.15) is 0 Å². The summed E-state index contributed by atoms with van der Waals surface area (Å²) in [6, 6.07) is 16.0. The van der Waals surface area contributed by atoms with Gasteiger partial charge in [-0.05, 0) is 36.6 Å². The third-order valence-corrected chi connectivity index (χ3v) is 5.63. The molecule has 0 unspecified atom stereocenters. The summed E-state index contributed by atoms with van der Waals surface area (Å²) in [4.78, 5) is 15.6. The van der Waals surface area contributed by atoms with Gasteiger partial charge in [0.1, 0.15) is 5.75 Å². The molecule has 6 heteroatoms. The summed E-state index contributed by atoms with van der Waals surface area (Å²) in [5.41, 5.74) is 5.27. The maximum atomic E-state index is 10.9. The Labute approximate surface area is 176 Å². The van der Waals surface area contributed by atoms with E-state index in [1.807, 2.05) is 6.07 Å². The minimum absolute atomic E-state index is 0.359. The third-order valence-electron chi connectivity index (χ3n) is 5.40. The first kappa shape index (κ1) is 19.6. The van der Waals surface area contributed by atoms with Crippen molar-refractivity contribution in [2.24, 2.45) is 0 Å². The Kier molecular flexibility index (Phi) is 5.95. The lowest BCUT2D eigenvalue weighted by atomic mass is 10.1. The summed E-state index contributed by atoms with van der Waals surface area (Å²) in [6.07, 6.45) is 3.41. The number of aliphatic carboxylic acids is 1. The van der Waals surface area contributed by atoms with Crippen LogP contribution < -0.4 is 9.64 Å². The summed E-state index contributed by atoms with van der Waals surface area (Å²) in [5, 5.41) is 9.55. The van der Waals surface area contributed by atoms with Crippen molar-refractivity contribution >= 4 is 23.3 Å². The molecule has 2 aliphatic rings. The quantitative estimate of drug-likeness (QED) is 0.738. The standard InChI is InChI=1S/C23H25ClN2O3/c24-19-8-9-22(29-16-23(27)28)21(15-19)26-12-10-25(11-13-26)20(18-6-7-18)14-17-4-2-1-3-5-17/h1-5,8-9,15H,6-7,10-14,16H2,(H,27,28). The van der Waals surface area contributed by atoms with Crippen LogP contribution in [0.4, 0.5) is 5.69 Å². The van der Waals surface area contributed by atoms with E-state index in [0.29, 0.717) is 10.8 Å². The molecule has 2 fully saturated rings. The molecule has 2 aromatic rings. The molecule has 1 heterocycles. The summed E-state index contributed by atoms with van der Waals surface area (Å²) in [6.45, 7) is 3.18. The smallest absolute Gasteiger partial charge is 0.341 e. The SMILES string of the molecule is O=C(O)COc1ccc(Cl)cc1N1CCN(C(Cc2ccccc2)=C2CC2)CC1. The van der Waals surface area contributed by atoms with Gasteiger partial charge in [-0.3, -0.25) is 0 Å². The molecule has 4 rings (SSSR count). The predicted octanol–water partition coefficient (Wildman–Crippen LogP) is 4.22. The van der Waals surface area contributed by atoms with E-state index >= 15 is 0 Å². The predicted molar refractivity (Wildman–Crippen MR) is 115 cm³/mol. The van der Waals surface area contributed by atoms with Crippen LogP contribution in [0, 0.1) is 0 Å². The Hall–Kier alpha value is -2.66. The van der Waals surface area contributed by atoms with Gasteiger partial charge >= 0.3 is 5.97 Å². The molecule has 1 saturated carbocycles. The van der Waals surface area contributed by atoms with E-state index in [-0.39, 0.29) is 6.61 Å². The monoisotopic (exact) mass is 412 g/mol. The van der Waals surface area contributed by atoms with Gasteiger partial charge in [0.05, 0.1) is 5.69 Å². The average Bonchev–Trinajstić information content (AvgIpc) is 3.57. The second-order valence-electron chi connectivity index (χ2n) is 7.48. The summed E-state index contributed by atoms with van der Waals surface area (Å²) in [5.74, 6) is -0.423. The summed E-state index contributed by atoms with van der Waals surface area (Å²) in [7, 11) is 0. The molecule has 29 heavy (non-hydrogen) atoms. The van der Waals surface area contributed by atoms with Gasteiger partial charge in [0.2, 0.25) is 0 Å². The lowest BCUT2D eigenvalue weighted by molar-refractivity contribution is -0.139. The van der Waals surface area contributed by atoms with Gasteiger partial charge in [0, 0.05) is 43.3 Å². The van der Waals surface area contributed by atoms with E-state index in [2.05, 4.69) is 40.1 Å². The largest absolute Gasteiger partial charge is 0.480 e. The first-order valence-corrected chi connectivity index (χ1v) is 10.4. The maximum absolute atomic E-state index is 10.9. The Balaban J connectivity index is 1.45. The number of rotatable bonds is 7. The highest BCUT2D eigenvalue weighted by atomic mass is 35.5. The van der Waals surface area contributed by atoms with Crippen LogP contribution in [-0.2, 0) is 11.2 Å². The molecule has 0 amide bonds. The fourth-order valence-electron chi connectivity index (χ4n) is 3.82. The topological polar surface area (TPSA) is 53.0 Å². The van der Waals surface area contributed by atoms with Crippen molar-refractivity contribution in [3.8, 4) is 5.75 Å². The molecule has 0 radical (unpaired) electrons. The number of carboxylic acid groups (broad SMARTS) is 1. The first-order valence-electron chi connectivity index (χ1n) is 9.99. The molecule has 0 aromatic heterocycles. The fourth-order valence-corrected chi connectivity index (χ4v) is 3.98. The minimum Gasteiger partial charge on any atom is -0.480 e. The van der Waals surface area contributed by atoms with Crippen molar-refractivity contribution in [2.45, 2.75) is 19.3 Å². The zero-order chi connectivity index (χ0) is 20.2. The zero-order valence-electron chi connectivity index (χ0n) is 16.3. The van der Waals surface area contributed by atoms with Crippen LogP contribution in [0.1, 0.15) is 18.4 Å². The van der Waals surface area contributed by atoms with E-state index in [9.17, 15) is 4.79 Å². The van der Waals surface area contributed by atoms with Gasteiger partial charge in [-0.25, -0.2) is 4.79 Å². The first-order chi connectivity index (χ1) is 14.1. The fraction of sp³-hybridized carbons (Fsp3) is 0.348. The molecule has 1 aliphatic carbocycles. The van der Waals surface area contributed by atoms with Crippen molar-refractivity contribution in [1.82, 2.24) is 4.90 Å². The second kappa shape index (κ2) is 8.78. The van der Waals surface area contributed by atoms with Crippen molar-refractivity contribution in [1.29, 1.82) is 0 Å². The Bertz CT molecular complexity index is 900. The van der Waals surface area contributed by atoms with Crippen LogP contribution in [0.15, 0.2) is 59.8 Å². The van der Waals surface area contributed by atoms with Gasteiger partial charge in [-0.15, -0.1) is 0 Å². The van der Waals surface area contributed by atoms with Crippen LogP contribution in [0.5, 0.6) is 5.75 Å². The highest BCUT2D eigenvalue weighted by Gasteiger charge is 2.26. The maximum Gasteiger partial charge on any atom is 0.341 e. The molecular formula is C23H25ClN2O3. The van der Waals surface area contributed by atoms with Gasteiger partial charge in [0.25, 0.3) is 0 Å². The number of allylic oxidation sites excluding steroid dienone is 2. The number of benzene rings is 2. The van der Waals surface area contributed by atoms with Crippen LogP contribution in [0.25, 0.3) is 0 Å². The normalized spacial score (nSPS) is 16.0. The van der Waals surface area contributed by atoms with Crippen LogP contribution in [-0.4, -0.2) is 48.8 Å². The van der Waals surface area contributed by atoms with E-state index in [0.717, 1.165) is 38.3 Å². The number of hydrogen-bond acceptors (Lipinski definition) is 4. The number of carbonyl (C=O) groups is 1. The number of anilines is 1. The molecule has 1 saturated heterocycles. The highest BCUT2D eigenvalue weighted by Crippen LogP contribution is 2.36. The van der Waals surface area contributed by atoms with Gasteiger partial charge in [0.15, 0.2) is 6.61 Å². The molecule has 2 aromatic carbocycles. The van der Waals surface area contributed by atoms with Crippen LogP contribution in [0.3, 0.4) is 0 Å². The minimum atomic E-state index is -0.989. The molecule has 152 valence electrons. The number of nitrogens with zero attached hydrogens (tertiary/aromatic N) is 2.